The highest BCUT2D eigenvalue weighted by atomic mass is 32.2. The standard InChI is InChI=1S/C15H16FN3OS3/c16-10-5-7-12(8-6-10)19-15(21)23-14(18-19)22-9-13(20)17-11-3-1-2-4-11/h5-8,11H,1-4,9H2,(H,17,20). The monoisotopic (exact) mass is 369 g/mol. The molecule has 1 fully saturated rings. The average molecular weight is 370 g/mol. The van der Waals surface area contributed by atoms with Crippen LogP contribution in [0.25, 0.3) is 5.69 Å². The molecule has 0 saturated heterocycles. The van der Waals surface area contributed by atoms with E-state index in [2.05, 4.69) is 10.4 Å². The molecular weight excluding hydrogens is 353 g/mol. The number of aromatic nitrogens is 2. The minimum Gasteiger partial charge on any atom is -0.353 e. The Morgan fingerprint density at radius 1 is 1.39 bits per heavy atom. The molecule has 122 valence electrons. The number of thioether (sulfide) groups is 1. The Bertz CT molecular complexity index is 735. The summed E-state index contributed by atoms with van der Waals surface area (Å²) >= 11 is 8.03. The molecule has 1 N–H and O–H groups in total. The van der Waals surface area contributed by atoms with Crippen LogP contribution in [0.3, 0.4) is 0 Å². The van der Waals surface area contributed by atoms with Crippen LogP contribution in [0.1, 0.15) is 25.7 Å². The van der Waals surface area contributed by atoms with Crippen LogP contribution in [-0.2, 0) is 4.79 Å². The zero-order valence-corrected chi connectivity index (χ0v) is 14.8. The Morgan fingerprint density at radius 2 is 2.09 bits per heavy atom. The molecular formula is C15H16FN3OS3. The first-order chi connectivity index (χ1) is 11.1. The van der Waals surface area contributed by atoms with Crippen molar-refractivity contribution in [2.24, 2.45) is 0 Å². The number of hydrogen-bond acceptors (Lipinski definition) is 5. The third-order valence-electron chi connectivity index (χ3n) is 3.65. The van der Waals surface area contributed by atoms with E-state index in [9.17, 15) is 9.18 Å². The van der Waals surface area contributed by atoms with E-state index in [0.29, 0.717) is 15.7 Å². The molecule has 23 heavy (non-hydrogen) atoms. The van der Waals surface area contributed by atoms with Crippen molar-refractivity contribution in [2.45, 2.75) is 36.1 Å². The van der Waals surface area contributed by atoms with E-state index in [1.165, 1.54) is 48.1 Å². The second kappa shape index (κ2) is 7.55. The summed E-state index contributed by atoms with van der Waals surface area (Å²) in [6.07, 6.45) is 4.55. The Morgan fingerprint density at radius 3 is 2.78 bits per heavy atom. The van der Waals surface area contributed by atoms with Gasteiger partial charge >= 0.3 is 0 Å². The quantitative estimate of drug-likeness (QED) is 0.640. The molecule has 0 atom stereocenters. The molecule has 0 radical (unpaired) electrons. The number of nitrogens with zero attached hydrogens (tertiary/aromatic N) is 2. The molecule has 1 saturated carbocycles. The van der Waals surface area contributed by atoms with E-state index in [0.717, 1.165) is 22.9 Å². The van der Waals surface area contributed by atoms with Crippen molar-refractivity contribution >= 4 is 41.2 Å². The molecule has 4 nitrogen and oxygen atoms in total. The van der Waals surface area contributed by atoms with Crippen molar-refractivity contribution in [3.8, 4) is 5.69 Å². The lowest BCUT2D eigenvalue weighted by molar-refractivity contribution is -0.119. The van der Waals surface area contributed by atoms with Crippen molar-refractivity contribution in [1.82, 2.24) is 15.1 Å². The van der Waals surface area contributed by atoms with Gasteiger partial charge in [0.1, 0.15) is 5.82 Å². The van der Waals surface area contributed by atoms with Gasteiger partial charge in [-0.05, 0) is 49.3 Å². The molecule has 1 aromatic carbocycles. The van der Waals surface area contributed by atoms with Gasteiger partial charge in [-0.1, -0.05) is 35.9 Å². The molecule has 0 aliphatic heterocycles. The maximum Gasteiger partial charge on any atom is 0.230 e. The van der Waals surface area contributed by atoms with Crippen molar-refractivity contribution in [3.63, 3.8) is 0 Å². The van der Waals surface area contributed by atoms with Gasteiger partial charge in [-0.15, -0.1) is 5.10 Å². The van der Waals surface area contributed by atoms with Crippen LogP contribution in [0.15, 0.2) is 28.6 Å². The summed E-state index contributed by atoms with van der Waals surface area (Å²) in [6, 6.07) is 6.34. The molecule has 1 aliphatic carbocycles. The summed E-state index contributed by atoms with van der Waals surface area (Å²) < 4.78 is 15.9. The highest BCUT2D eigenvalue weighted by molar-refractivity contribution is 8.01. The fourth-order valence-corrected chi connectivity index (χ4v) is 4.70. The highest BCUT2D eigenvalue weighted by Gasteiger charge is 2.17. The third-order valence-corrected chi connectivity index (χ3v) is 6.01. The van der Waals surface area contributed by atoms with Gasteiger partial charge in [-0.25, -0.2) is 9.07 Å². The number of carbonyl (C=O) groups excluding carboxylic acids is 1. The maximum absolute atomic E-state index is 13.0. The van der Waals surface area contributed by atoms with Gasteiger partial charge in [0.05, 0.1) is 11.4 Å². The van der Waals surface area contributed by atoms with E-state index in [-0.39, 0.29) is 11.7 Å². The zero-order chi connectivity index (χ0) is 16.2. The summed E-state index contributed by atoms with van der Waals surface area (Å²) in [4.78, 5) is 11.9. The summed E-state index contributed by atoms with van der Waals surface area (Å²) in [5.41, 5.74) is 0.718. The predicted molar refractivity (Wildman–Crippen MR) is 93.4 cm³/mol. The number of hydrogen-bond donors (Lipinski definition) is 1. The second-order valence-electron chi connectivity index (χ2n) is 5.36. The van der Waals surface area contributed by atoms with Crippen LogP contribution in [-0.4, -0.2) is 27.5 Å². The minimum atomic E-state index is -0.298. The van der Waals surface area contributed by atoms with Gasteiger partial charge in [0.15, 0.2) is 8.29 Å². The predicted octanol–water partition coefficient (Wildman–Crippen LogP) is 3.95. The van der Waals surface area contributed by atoms with E-state index in [4.69, 9.17) is 12.2 Å². The van der Waals surface area contributed by atoms with E-state index in [1.807, 2.05) is 0 Å². The molecule has 1 aromatic heterocycles. The van der Waals surface area contributed by atoms with Crippen LogP contribution in [0, 0.1) is 9.77 Å². The fourth-order valence-electron chi connectivity index (χ4n) is 2.53. The topological polar surface area (TPSA) is 46.9 Å². The van der Waals surface area contributed by atoms with E-state index in [1.54, 1.807) is 16.8 Å². The number of halogens is 1. The molecule has 0 spiro atoms. The zero-order valence-electron chi connectivity index (χ0n) is 12.3. The molecule has 1 amide bonds. The lowest BCUT2D eigenvalue weighted by Crippen LogP contribution is -2.33. The maximum atomic E-state index is 13.0. The number of benzene rings is 1. The van der Waals surface area contributed by atoms with Gasteiger partial charge in [0, 0.05) is 6.04 Å². The van der Waals surface area contributed by atoms with Crippen LogP contribution in [0.2, 0.25) is 0 Å². The van der Waals surface area contributed by atoms with Crippen molar-refractivity contribution < 1.29 is 9.18 Å². The van der Waals surface area contributed by atoms with Crippen LogP contribution in [0.5, 0.6) is 0 Å². The molecule has 1 aliphatic rings. The van der Waals surface area contributed by atoms with E-state index >= 15 is 0 Å². The molecule has 0 bridgehead atoms. The Labute approximate surface area is 147 Å². The summed E-state index contributed by atoms with van der Waals surface area (Å²) in [6.45, 7) is 0. The smallest absolute Gasteiger partial charge is 0.230 e. The first-order valence-corrected chi connectivity index (χ1v) is 9.61. The molecule has 8 heteroatoms. The largest absolute Gasteiger partial charge is 0.353 e. The second-order valence-corrected chi connectivity index (χ2v) is 8.20. The summed E-state index contributed by atoms with van der Waals surface area (Å²) in [7, 11) is 0. The lowest BCUT2D eigenvalue weighted by atomic mass is 10.2. The van der Waals surface area contributed by atoms with Crippen molar-refractivity contribution in [3.05, 3.63) is 34.0 Å². The number of rotatable bonds is 5. The Hall–Kier alpha value is -1.25. The molecule has 1 heterocycles. The fraction of sp³-hybridized carbons (Fsp3) is 0.400. The van der Waals surface area contributed by atoms with Crippen LogP contribution in [0.4, 0.5) is 4.39 Å². The highest BCUT2D eigenvalue weighted by Crippen LogP contribution is 2.24. The first kappa shape index (κ1) is 16.6. The molecule has 0 unspecified atom stereocenters. The van der Waals surface area contributed by atoms with Gasteiger partial charge < -0.3 is 5.32 Å². The van der Waals surface area contributed by atoms with Gasteiger partial charge in [-0.3, -0.25) is 4.79 Å². The van der Waals surface area contributed by atoms with Crippen LogP contribution >= 0.6 is 35.3 Å². The first-order valence-electron chi connectivity index (χ1n) is 7.40. The van der Waals surface area contributed by atoms with Crippen molar-refractivity contribution in [2.75, 3.05) is 5.75 Å². The van der Waals surface area contributed by atoms with Gasteiger partial charge in [0.2, 0.25) is 5.91 Å². The average Bonchev–Trinajstić information content (AvgIpc) is 3.16. The Kier molecular flexibility index (Phi) is 5.45. The Balaban J connectivity index is 1.60. The van der Waals surface area contributed by atoms with Gasteiger partial charge in [0.25, 0.3) is 0 Å². The number of nitrogens with one attached hydrogen (secondary N) is 1. The normalized spacial score (nSPS) is 15.0. The van der Waals surface area contributed by atoms with Crippen molar-refractivity contribution in [1.29, 1.82) is 0 Å². The third kappa shape index (κ3) is 4.39. The lowest BCUT2D eigenvalue weighted by Gasteiger charge is -2.10. The summed E-state index contributed by atoms with van der Waals surface area (Å²) in [5.74, 6) is 0.0763. The number of carbonyl (C=O) groups is 1. The van der Waals surface area contributed by atoms with Crippen LogP contribution < -0.4 is 5.32 Å². The molecule has 2 aromatic rings. The number of amides is 1. The molecule has 3 rings (SSSR count). The van der Waals surface area contributed by atoms with E-state index < -0.39 is 0 Å². The SMILES string of the molecule is O=C(CSc1nn(-c2ccc(F)cc2)c(=S)s1)NC1CCCC1. The van der Waals surface area contributed by atoms with Gasteiger partial charge in [-0.2, -0.15) is 0 Å². The summed E-state index contributed by atoms with van der Waals surface area (Å²) in [5, 5.41) is 7.46. The minimum absolute atomic E-state index is 0.0383.